The van der Waals surface area contributed by atoms with Crippen LogP contribution in [0.5, 0.6) is 0 Å². The van der Waals surface area contributed by atoms with Crippen LogP contribution in [0.25, 0.3) is 6.08 Å². The van der Waals surface area contributed by atoms with Crippen LogP contribution in [-0.4, -0.2) is 51.4 Å². The van der Waals surface area contributed by atoms with Crippen molar-refractivity contribution < 1.29 is 18.7 Å². The van der Waals surface area contributed by atoms with E-state index in [-0.39, 0.29) is 47.7 Å². The lowest BCUT2D eigenvalue weighted by atomic mass is 9.93. The van der Waals surface area contributed by atoms with E-state index in [1.165, 1.54) is 6.07 Å². The molecule has 2 unspecified atom stereocenters. The highest BCUT2D eigenvalue weighted by atomic mass is 35.5. The Labute approximate surface area is 205 Å². The zero-order valence-corrected chi connectivity index (χ0v) is 20.2. The van der Waals surface area contributed by atoms with E-state index in [9.17, 15) is 14.0 Å². The maximum atomic E-state index is 14.7. The van der Waals surface area contributed by atoms with Crippen molar-refractivity contribution in [2.75, 3.05) is 19.7 Å². The summed E-state index contributed by atoms with van der Waals surface area (Å²) >= 11 is 4.75. The van der Waals surface area contributed by atoms with Crippen LogP contribution in [0.4, 0.5) is 4.39 Å². The lowest BCUT2D eigenvalue weighted by Crippen LogP contribution is -2.42. The summed E-state index contributed by atoms with van der Waals surface area (Å²) in [5.41, 5.74) is 2.22. The highest BCUT2D eigenvalue weighted by Gasteiger charge is 2.40. The Kier molecular flexibility index (Phi) is 8.73. The fourth-order valence-corrected chi connectivity index (χ4v) is 4.46. The summed E-state index contributed by atoms with van der Waals surface area (Å²) in [7, 11) is 0. The molecule has 2 heterocycles. The van der Waals surface area contributed by atoms with Crippen LogP contribution in [0.2, 0.25) is 0 Å². The molecule has 1 aliphatic carbocycles. The maximum absolute atomic E-state index is 14.7. The summed E-state index contributed by atoms with van der Waals surface area (Å²) < 4.78 is 21.3. The molecule has 2 atom stereocenters. The van der Waals surface area contributed by atoms with Crippen molar-refractivity contribution in [1.82, 2.24) is 14.7 Å². The molecule has 2 aromatic rings. The summed E-state index contributed by atoms with van der Waals surface area (Å²) in [6.45, 7) is 3.26. The number of likely N-dealkylation sites (tertiary alicyclic amines) is 1. The second-order valence-electron chi connectivity index (χ2n) is 8.31. The van der Waals surface area contributed by atoms with Crippen LogP contribution >= 0.6 is 25.0 Å². The number of nitrogens with zero attached hydrogens (tertiary/aromatic N) is 3. The van der Waals surface area contributed by atoms with Gasteiger partial charge in [0.1, 0.15) is 12.4 Å². The summed E-state index contributed by atoms with van der Waals surface area (Å²) in [6.07, 6.45) is 6.10. The van der Waals surface area contributed by atoms with Gasteiger partial charge in [-0.1, -0.05) is 18.2 Å². The molecule has 0 bridgehead atoms. The molecule has 9 heteroatoms. The van der Waals surface area contributed by atoms with Gasteiger partial charge in [0.25, 0.3) is 0 Å². The number of aromatic nitrogens is 2. The Hall–Kier alpha value is -2.16. The highest BCUT2D eigenvalue weighted by molar-refractivity contribution is 7.81. The van der Waals surface area contributed by atoms with E-state index in [1.807, 2.05) is 12.1 Å². The van der Waals surface area contributed by atoms with Gasteiger partial charge in [-0.2, -0.15) is 17.7 Å². The second-order valence-corrected chi connectivity index (χ2v) is 8.94. The van der Waals surface area contributed by atoms with Crippen LogP contribution < -0.4 is 0 Å². The molecule has 178 valence electrons. The monoisotopic (exact) mass is 493 g/mol. The molecule has 0 spiro atoms. The number of esters is 1. The first-order valence-electron chi connectivity index (χ1n) is 11.1. The molecule has 1 saturated carbocycles. The molecule has 0 N–H and O–H groups in total. The first kappa shape index (κ1) is 25.5. The lowest BCUT2D eigenvalue weighted by Gasteiger charge is -2.37. The number of Topliss-reactive ketones (excluding diaryl/α,β-unsaturated/α-hetero) is 1. The predicted molar refractivity (Wildman–Crippen MR) is 130 cm³/mol. The number of rotatable bonds is 8. The first-order valence-corrected chi connectivity index (χ1v) is 11.6. The van der Waals surface area contributed by atoms with E-state index in [2.05, 4.69) is 10.00 Å². The maximum Gasteiger partial charge on any atom is 0.327 e. The molecule has 0 radical (unpaired) electrons. The summed E-state index contributed by atoms with van der Waals surface area (Å²) in [5, 5.41) is 4.24. The summed E-state index contributed by atoms with van der Waals surface area (Å²) in [6, 6.07) is 7.78. The standard InChI is InChI=1S/C24H28FN3O3S.ClH/c1-2-31-22(29)15-28-18(9-11-26-28)13-17-14-27(12-10-21(17)32)23(24(30)16-7-8-16)19-5-3-4-6-20(19)25;/h3-6,9,11,13,16,21,23,32H,2,7-8,10,12,14-15H2,1H3;1H/b17-13+;. The molecule has 6 nitrogen and oxygen atoms in total. The average molecular weight is 494 g/mol. The van der Waals surface area contributed by atoms with Crippen molar-refractivity contribution >= 4 is 42.9 Å². The Morgan fingerprint density at radius 1 is 1.27 bits per heavy atom. The number of hydrogen-bond acceptors (Lipinski definition) is 6. The zero-order chi connectivity index (χ0) is 22.7. The average Bonchev–Trinajstić information content (AvgIpc) is 3.54. The first-order chi connectivity index (χ1) is 15.5. The number of halogens is 2. The SMILES string of the molecule is CCOC(=O)Cn1nccc1/C=C1\CN(C(C(=O)C2CC2)c2ccccc2F)CCC1S.Cl. The highest BCUT2D eigenvalue weighted by Crippen LogP contribution is 2.39. The molecule has 1 aromatic heterocycles. The number of ketones is 1. The number of carbonyl (C=O) groups is 2. The Morgan fingerprint density at radius 2 is 2.03 bits per heavy atom. The minimum atomic E-state index is -0.600. The molecule has 33 heavy (non-hydrogen) atoms. The fourth-order valence-electron chi connectivity index (χ4n) is 4.19. The molecule has 0 amide bonds. The van der Waals surface area contributed by atoms with Crippen LogP contribution in [0.3, 0.4) is 0 Å². The molecule has 1 saturated heterocycles. The molecular formula is C24H29ClFN3O3S. The molecule has 1 aromatic carbocycles. The second kappa shape index (κ2) is 11.3. The number of ether oxygens (including phenoxy) is 1. The van der Waals surface area contributed by atoms with Gasteiger partial charge in [0.05, 0.1) is 18.3 Å². The van der Waals surface area contributed by atoms with E-state index < -0.39 is 6.04 Å². The van der Waals surface area contributed by atoms with E-state index in [1.54, 1.807) is 36.0 Å². The minimum Gasteiger partial charge on any atom is -0.465 e. The van der Waals surface area contributed by atoms with Gasteiger partial charge < -0.3 is 4.74 Å². The van der Waals surface area contributed by atoms with Crippen LogP contribution in [0, 0.1) is 11.7 Å². The van der Waals surface area contributed by atoms with Gasteiger partial charge in [0, 0.05) is 36.0 Å². The van der Waals surface area contributed by atoms with E-state index in [4.69, 9.17) is 17.4 Å². The van der Waals surface area contributed by atoms with Crippen molar-refractivity contribution in [1.29, 1.82) is 0 Å². The number of benzene rings is 1. The molecule has 4 rings (SSSR count). The molecular weight excluding hydrogens is 465 g/mol. The topological polar surface area (TPSA) is 64.4 Å². The normalized spacial score (nSPS) is 20.8. The number of carbonyl (C=O) groups excluding carboxylic acids is 2. The molecule has 1 aliphatic heterocycles. The number of thiol groups is 1. The van der Waals surface area contributed by atoms with Gasteiger partial charge in [-0.05, 0) is 50.0 Å². The number of piperidine rings is 1. The molecule has 2 aliphatic rings. The van der Waals surface area contributed by atoms with Crippen molar-refractivity contribution in [3.05, 3.63) is 59.2 Å². The quantitative estimate of drug-likeness (QED) is 0.443. The summed E-state index contributed by atoms with van der Waals surface area (Å²) in [4.78, 5) is 27.1. The van der Waals surface area contributed by atoms with Gasteiger partial charge in [-0.3, -0.25) is 19.2 Å². The zero-order valence-electron chi connectivity index (χ0n) is 18.5. The van der Waals surface area contributed by atoms with E-state index in [0.29, 0.717) is 25.3 Å². The van der Waals surface area contributed by atoms with Crippen molar-refractivity contribution in [2.24, 2.45) is 5.92 Å². The third kappa shape index (κ3) is 6.05. The minimum absolute atomic E-state index is 0. The summed E-state index contributed by atoms with van der Waals surface area (Å²) in [5.74, 6) is -0.582. The fraction of sp³-hybridized carbons (Fsp3) is 0.458. The van der Waals surface area contributed by atoms with Gasteiger partial charge in [-0.15, -0.1) is 12.4 Å². The van der Waals surface area contributed by atoms with E-state index >= 15 is 0 Å². The Balaban J connectivity index is 0.00000306. The van der Waals surface area contributed by atoms with Crippen molar-refractivity contribution in [3.63, 3.8) is 0 Å². The van der Waals surface area contributed by atoms with Crippen LogP contribution in [-0.2, 0) is 20.9 Å². The van der Waals surface area contributed by atoms with Crippen molar-refractivity contribution in [3.8, 4) is 0 Å². The van der Waals surface area contributed by atoms with Crippen molar-refractivity contribution in [2.45, 2.75) is 44.0 Å². The van der Waals surface area contributed by atoms with Gasteiger partial charge in [0.2, 0.25) is 0 Å². The molecule has 2 fully saturated rings. The van der Waals surface area contributed by atoms with Gasteiger partial charge in [0.15, 0.2) is 5.78 Å². The van der Waals surface area contributed by atoms with Crippen LogP contribution in [0.1, 0.15) is 43.5 Å². The number of hydrogen-bond donors (Lipinski definition) is 1. The third-order valence-corrected chi connectivity index (χ3v) is 6.57. The van der Waals surface area contributed by atoms with E-state index in [0.717, 1.165) is 30.5 Å². The smallest absolute Gasteiger partial charge is 0.327 e. The Morgan fingerprint density at radius 3 is 2.73 bits per heavy atom. The third-order valence-electron chi connectivity index (χ3n) is 5.98. The van der Waals surface area contributed by atoms with Gasteiger partial charge >= 0.3 is 5.97 Å². The Bertz CT molecular complexity index is 1020. The largest absolute Gasteiger partial charge is 0.465 e. The lowest BCUT2D eigenvalue weighted by molar-refractivity contribution is -0.144. The van der Waals surface area contributed by atoms with Gasteiger partial charge in [-0.25, -0.2) is 4.39 Å². The predicted octanol–water partition coefficient (Wildman–Crippen LogP) is 4.12. The van der Waals surface area contributed by atoms with Crippen LogP contribution in [0.15, 0.2) is 42.1 Å².